The first-order valence-electron chi connectivity index (χ1n) is 5.95. The predicted octanol–water partition coefficient (Wildman–Crippen LogP) is 2.78. The van der Waals surface area contributed by atoms with Gasteiger partial charge in [0, 0.05) is 12.2 Å². The third kappa shape index (κ3) is 5.15. The van der Waals surface area contributed by atoms with Crippen LogP contribution < -0.4 is 10.1 Å². The molecule has 0 aliphatic carbocycles. The summed E-state index contributed by atoms with van der Waals surface area (Å²) in [6, 6.07) is 7.80. The Hall–Kier alpha value is -1.13. The van der Waals surface area contributed by atoms with E-state index in [1.54, 1.807) is 0 Å². The van der Waals surface area contributed by atoms with E-state index >= 15 is 0 Å². The van der Waals surface area contributed by atoms with E-state index in [9.17, 15) is 0 Å². The van der Waals surface area contributed by atoms with Crippen LogP contribution in [-0.4, -0.2) is 36.6 Å². The minimum Gasteiger partial charge on any atom is -0.492 e. The smallest absolute Gasteiger partial charge is 0.119 e. The van der Waals surface area contributed by atoms with Gasteiger partial charge in [-0.05, 0) is 37.4 Å². The van der Waals surface area contributed by atoms with Gasteiger partial charge in [0.25, 0.3) is 0 Å². The quantitative estimate of drug-likeness (QED) is 0.719. The Labute approximate surface area is 109 Å². The Balaban J connectivity index is 2.34. The third-order valence-electron chi connectivity index (χ3n) is 2.65. The van der Waals surface area contributed by atoms with Crippen LogP contribution >= 0.6 is 12.2 Å². The SMILES string of the molecule is CCN(CC)CCOc1ccc(NC=S)cc1. The summed E-state index contributed by atoms with van der Waals surface area (Å²) in [5.74, 6) is 0.895. The summed E-state index contributed by atoms with van der Waals surface area (Å²) in [7, 11) is 0. The number of nitrogens with zero attached hydrogens (tertiary/aromatic N) is 1. The van der Waals surface area contributed by atoms with Crippen molar-refractivity contribution in [3.05, 3.63) is 24.3 Å². The molecule has 17 heavy (non-hydrogen) atoms. The molecule has 3 nitrogen and oxygen atoms in total. The lowest BCUT2D eigenvalue weighted by Gasteiger charge is -2.18. The van der Waals surface area contributed by atoms with Gasteiger partial charge >= 0.3 is 0 Å². The standard InChI is InChI=1S/C13H20N2OS/c1-3-15(4-2)9-10-16-13-7-5-12(6-8-13)14-11-17/h5-8,11H,3-4,9-10H2,1-2H3,(H,14,17). The maximum Gasteiger partial charge on any atom is 0.119 e. The first kappa shape index (κ1) is 13.9. The average molecular weight is 252 g/mol. The molecule has 0 fully saturated rings. The van der Waals surface area contributed by atoms with Crippen molar-refractivity contribution in [2.75, 3.05) is 31.6 Å². The maximum atomic E-state index is 5.67. The Bertz CT molecular complexity index is 323. The number of ether oxygens (including phenoxy) is 1. The van der Waals surface area contributed by atoms with Gasteiger partial charge in [-0.1, -0.05) is 26.1 Å². The van der Waals surface area contributed by atoms with Crippen molar-refractivity contribution >= 4 is 23.4 Å². The van der Waals surface area contributed by atoms with Crippen molar-refractivity contribution in [2.45, 2.75) is 13.8 Å². The molecule has 0 aliphatic rings. The summed E-state index contributed by atoms with van der Waals surface area (Å²) < 4.78 is 5.67. The number of nitrogens with one attached hydrogen (secondary N) is 1. The molecule has 0 atom stereocenters. The highest BCUT2D eigenvalue weighted by Crippen LogP contribution is 2.15. The Kier molecular flexibility index (Phi) is 6.58. The molecule has 0 amide bonds. The van der Waals surface area contributed by atoms with Gasteiger partial charge in [-0.2, -0.15) is 0 Å². The summed E-state index contributed by atoms with van der Waals surface area (Å²) in [4.78, 5) is 2.34. The zero-order valence-corrected chi connectivity index (χ0v) is 11.3. The Morgan fingerprint density at radius 2 is 1.88 bits per heavy atom. The van der Waals surface area contributed by atoms with Crippen LogP contribution in [0, 0.1) is 0 Å². The lowest BCUT2D eigenvalue weighted by Crippen LogP contribution is -2.27. The largest absolute Gasteiger partial charge is 0.492 e. The van der Waals surface area contributed by atoms with Crippen LogP contribution in [0.4, 0.5) is 5.69 Å². The lowest BCUT2D eigenvalue weighted by atomic mass is 10.3. The van der Waals surface area contributed by atoms with E-state index in [0.29, 0.717) is 0 Å². The van der Waals surface area contributed by atoms with Crippen molar-refractivity contribution in [1.29, 1.82) is 0 Å². The van der Waals surface area contributed by atoms with Crippen LogP contribution in [-0.2, 0) is 0 Å². The van der Waals surface area contributed by atoms with E-state index in [-0.39, 0.29) is 0 Å². The van der Waals surface area contributed by atoms with Crippen LogP contribution in [0.5, 0.6) is 5.75 Å². The van der Waals surface area contributed by atoms with Crippen molar-refractivity contribution < 1.29 is 4.74 Å². The fourth-order valence-corrected chi connectivity index (χ4v) is 1.68. The molecule has 0 unspecified atom stereocenters. The second-order valence-corrected chi connectivity index (χ2v) is 3.90. The molecule has 0 aromatic heterocycles. The molecule has 0 heterocycles. The first-order valence-corrected chi connectivity index (χ1v) is 6.42. The van der Waals surface area contributed by atoms with E-state index in [2.05, 4.69) is 24.1 Å². The molecule has 1 rings (SSSR count). The molecule has 94 valence electrons. The molecular formula is C13H20N2OS. The van der Waals surface area contributed by atoms with Gasteiger partial charge in [0.15, 0.2) is 0 Å². The van der Waals surface area contributed by atoms with Gasteiger partial charge in [0.1, 0.15) is 12.4 Å². The normalized spacial score (nSPS) is 10.3. The van der Waals surface area contributed by atoms with E-state index in [1.807, 2.05) is 24.3 Å². The second kappa shape index (κ2) is 8.03. The van der Waals surface area contributed by atoms with E-state index in [1.165, 1.54) is 5.49 Å². The number of hydrogen-bond donors (Lipinski definition) is 1. The topological polar surface area (TPSA) is 24.5 Å². The summed E-state index contributed by atoms with van der Waals surface area (Å²) >= 11 is 4.72. The molecule has 0 saturated heterocycles. The fraction of sp³-hybridized carbons (Fsp3) is 0.462. The minimum absolute atomic E-state index is 0.724. The highest BCUT2D eigenvalue weighted by Gasteiger charge is 1.99. The van der Waals surface area contributed by atoms with Gasteiger partial charge < -0.3 is 15.0 Å². The molecule has 4 heteroatoms. The highest BCUT2D eigenvalue weighted by molar-refractivity contribution is 7.79. The summed E-state index contributed by atoms with van der Waals surface area (Å²) in [5, 5.41) is 2.95. The first-order chi connectivity index (χ1) is 8.30. The fourth-order valence-electron chi connectivity index (χ4n) is 1.55. The van der Waals surface area contributed by atoms with Crippen molar-refractivity contribution in [3.63, 3.8) is 0 Å². The number of anilines is 1. The van der Waals surface area contributed by atoms with Gasteiger partial charge in [-0.15, -0.1) is 0 Å². The monoisotopic (exact) mass is 252 g/mol. The number of likely N-dealkylation sites (N-methyl/N-ethyl adjacent to an activating group) is 1. The number of thiocarbonyl (C=S) groups is 1. The van der Waals surface area contributed by atoms with Crippen LogP contribution in [0.3, 0.4) is 0 Å². The molecule has 0 spiro atoms. The molecule has 0 aliphatic heterocycles. The summed E-state index contributed by atoms with van der Waals surface area (Å²) in [6.07, 6.45) is 0. The average Bonchev–Trinajstić information content (AvgIpc) is 2.37. The molecule has 0 bridgehead atoms. The maximum absolute atomic E-state index is 5.67. The van der Waals surface area contributed by atoms with Gasteiger partial charge in [0.05, 0.1) is 5.49 Å². The second-order valence-electron chi connectivity index (χ2n) is 3.66. The van der Waals surface area contributed by atoms with Crippen LogP contribution in [0.1, 0.15) is 13.8 Å². The molecule has 0 saturated carbocycles. The summed E-state index contributed by atoms with van der Waals surface area (Å²) in [5.41, 5.74) is 2.48. The number of rotatable bonds is 8. The molecular weight excluding hydrogens is 232 g/mol. The minimum atomic E-state index is 0.724. The summed E-state index contributed by atoms with van der Waals surface area (Å²) in [6.45, 7) is 8.15. The number of hydrogen-bond acceptors (Lipinski definition) is 3. The van der Waals surface area contributed by atoms with E-state index in [0.717, 1.165) is 37.7 Å². The molecule has 1 N–H and O–H groups in total. The van der Waals surface area contributed by atoms with Gasteiger partial charge in [-0.25, -0.2) is 0 Å². The zero-order chi connectivity index (χ0) is 12.5. The van der Waals surface area contributed by atoms with Crippen LogP contribution in [0.25, 0.3) is 0 Å². The molecule has 0 radical (unpaired) electrons. The predicted molar refractivity (Wildman–Crippen MR) is 77.0 cm³/mol. The van der Waals surface area contributed by atoms with Gasteiger partial charge in [0.2, 0.25) is 0 Å². The molecule has 1 aromatic rings. The Morgan fingerprint density at radius 3 is 2.41 bits per heavy atom. The van der Waals surface area contributed by atoms with Crippen LogP contribution in [0.15, 0.2) is 24.3 Å². The van der Waals surface area contributed by atoms with Crippen molar-refractivity contribution in [3.8, 4) is 5.75 Å². The zero-order valence-electron chi connectivity index (χ0n) is 10.5. The van der Waals surface area contributed by atoms with Crippen molar-refractivity contribution in [1.82, 2.24) is 4.90 Å². The Morgan fingerprint density at radius 1 is 1.24 bits per heavy atom. The van der Waals surface area contributed by atoms with E-state index < -0.39 is 0 Å². The van der Waals surface area contributed by atoms with Gasteiger partial charge in [-0.3, -0.25) is 0 Å². The number of benzene rings is 1. The van der Waals surface area contributed by atoms with Crippen molar-refractivity contribution in [2.24, 2.45) is 0 Å². The highest BCUT2D eigenvalue weighted by atomic mass is 32.1. The van der Waals surface area contributed by atoms with Crippen LogP contribution in [0.2, 0.25) is 0 Å². The van der Waals surface area contributed by atoms with E-state index in [4.69, 9.17) is 17.0 Å². The third-order valence-corrected chi connectivity index (χ3v) is 2.77. The molecule has 1 aromatic carbocycles. The lowest BCUT2D eigenvalue weighted by molar-refractivity contribution is 0.223.